The van der Waals surface area contributed by atoms with E-state index in [0.717, 1.165) is 5.56 Å². The minimum atomic E-state index is -0.118. The van der Waals surface area contributed by atoms with Crippen LogP contribution >= 0.6 is 23.4 Å². The van der Waals surface area contributed by atoms with Gasteiger partial charge in [-0.1, -0.05) is 35.5 Å². The van der Waals surface area contributed by atoms with E-state index in [-0.39, 0.29) is 12.5 Å². The highest BCUT2D eigenvalue weighted by molar-refractivity contribution is 7.98. The van der Waals surface area contributed by atoms with Crippen molar-refractivity contribution in [3.05, 3.63) is 65.0 Å². The molecule has 3 aromatic rings. The number of thioether (sulfide) groups is 1. The molecule has 134 valence electrons. The number of hydrogen-bond donors (Lipinski definition) is 1. The summed E-state index contributed by atoms with van der Waals surface area (Å²) in [6, 6.07) is 14.7. The molecule has 0 aliphatic rings. The smallest absolute Gasteiger partial charge is 0.277 e. The van der Waals surface area contributed by atoms with Gasteiger partial charge in [-0.05, 0) is 42.0 Å². The number of ether oxygens (including phenoxy) is 1. The maximum absolute atomic E-state index is 11.0. The molecule has 6 nitrogen and oxygen atoms in total. The third-order valence-corrected chi connectivity index (χ3v) is 4.36. The third kappa shape index (κ3) is 5.50. The fourth-order valence-electron chi connectivity index (χ4n) is 2.11. The van der Waals surface area contributed by atoms with Crippen LogP contribution in [0.4, 0.5) is 5.69 Å². The van der Waals surface area contributed by atoms with Crippen LogP contribution in [0.5, 0.6) is 5.75 Å². The van der Waals surface area contributed by atoms with Crippen LogP contribution in [-0.4, -0.2) is 16.1 Å². The highest BCUT2D eigenvalue weighted by Gasteiger charge is 2.08. The van der Waals surface area contributed by atoms with Crippen LogP contribution in [0.15, 0.2) is 58.2 Å². The molecule has 1 heterocycles. The number of benzene rings is 2. The van der Waals surface area contributed by atoms with Crippen LogP contribution in [0.25, 0.3) is 0 Å². The monoisotopic (exact) mass is 389 g/mol. The number of anilines is 1. The number of carbonyl (C=O) groups excluding carboxylic acids is 1. The molecule has 0 fully saturated rings. The van der Waals surface area contributed by atoms with Crippen molar-refractivity contribution in [1.29, 1.82) is 0 Å². The highest BCUT2D eigenvalue weighted by atomic mass is 35.5. The lowest BCUT2D eigenvalue weighted by atomic mass is 10.2. The number of aromatic nitrogens is 2. The van der Waals surface area contributed by atoms with Gasteiger partial charge in [0.05, 0.1) is 0 Å². The molecular formula is C18H16ClN3O3S. The Morgan fingerprint density at radius 1 is 1.23 bits per heavy atom. The van der Waals surface area contributed by atoms with E-state index in [0.29, 0.717) is 33.3 Å². The molecule has 26 heavy (non-hydrogen) atoms. The molecule has 8 heteroatoms. The van der Waals surface area contributed by atoms with E-state index in [4.69, 9.17) is 20.8 Å². The Hall–Kier alpha value is -2.51. The van der Waals surface area contributed by atoms with Crippen LogP contribution in [0.3, 0.4) is 0 Å². The van der Waals surface area contributed by atoms with Gasteiger partial charge in [0.25, 0.3) is 11.1 Å². The predicted octanol–water partition coefficient (Wildman–Crippen LogP) is 4.55. The zero-order valence-electron chi connectivity index (χ0n) is 13.9. The van der Waals surface area contributed by atoms with Gasteiger partial charge in [0.15, 0.2) is 6.61 Å². The van der Waals surface area contributed by atoms with Crippen LogP contribution in [-0.2, 0) is 17.2 Å². The molecule has 1 amide bonds. The summed E-state index contributed by atoms with van der Waals surface area (Å²) in [5, 5.41) is 11.8. The Labute approximate surface area is 159 Å². The Balaban J connectivity index is 1.49. The second kappa shape index (κ2) is 8.73. The summed E-state index contributed by atoms with van der Waals surface area (Å²) < 4.78 is 11.2. The second-order valence-corrected chi connectivity index (χ2v) is 6.74. The highest BCUT2D eigenvalue weighted by Crippen LogP contribution is 2.23. The molecule has 0 radical (unpaired) electrons. The first-order valence-corrected chi connectivity index (χ1v) is 9.15. The fourth-order valence-corrected chi connectivity index (χ4v) is 3.05. The van der Waals surface area contributed by atoms with Crippen molar-refractivity contribution in [2.24, 2.45) is 0 Å². The van der Waals surface area contributed by atoms with Crippen molar-refractivity contribution in [2.75, 3.05) is 5.32 Å². The average Bonchev–Trinajstić information content (AvgIpc) is 3.07. The van der Waals surface area contributed by atoms with Gasteiger partial charge in [-0.3, -0.25) is 4.79 Å². The molecule has 0 atom stereocenters. The molecule has 1 aromatic heterocycles. The van der Waals surface area contributed by atoms with Crippen LogP contribution in [0.1, 0.15) is 18.4 Å². The topological polar surface area (TPSA) is 77.2 Å². The molecular weight excluding hydrogens is 374 g/mol. The van der Waals surface area contributed by atoms with Gasteiger partial charge in [0, 0.05) is 23.4 Å². The van der Waals surface area contributed by atoms with Crippen LogP contribution < -0.4 is 10.1 Å². The number of amides is 1. The van der Waals surface area contributed by atoms with Gasteiger partial charge >= 0.3 is 0 Å². The van der Waals surface area contributed by atoms with Gasteiger partial charge in [-0.25, -0.2) is 0 Å². The minimum Gasteiger partial charge on any atom is -0.484 e. The summed E-state index contributed by atoms with van der Waals surface area (Å²) in [5.74, 6) is 1.61. The lowest BCUT2D eigenvalue weighted by molar-refractivity contribution is -0.114. The molecule has 0 aliphatic heterocycles. The van der Waals surface area contributed by atoms with E-state index in [1.54, 1.807) is 24.3 Å². The number of carbonyl (C=O) groups is 1. The standard InChI is InChI=1S/C18H16ClN3O3S/c1-12(23)20-15-5-7-16(8-6-15)24-10-17-21-22-18(25-17)26-11-13-3-2-4-14(19)9-13/h2-9H,10-11H2,1H3,(H,20,23). The molecule has 0 unspecified atom stereocenters. The van der Waals surface area contributed by atoms with E-state index in [1.165, 1.54) is 18.7 Å². The first-order chi connectivity index (χ1) is 12.6. The predicted molar refractivity (Wildman–Crippen MR) is 100 cm³/mol. The van der Waals surface area contributed by atoms with Gasteiger partial charge in [-0.2, -0.15) is 0 Å². The summed E-state index contributed by atoms with van der Waals surface area (Å²) in [6.07, 6.45) is 0. The van der Waals surface area contributed by atoms with Crippen LogP contribution in [0.2, 0.25) is 5.02 Å². The van der Waals surface area contributed by atoms with Gasteiger partial charge < -0.3 is 14.5 Å². The molecule has 2 aromatic carbocycles. The summed E-state index contributed by atoms with van der Waals surface area (Å²) in [7, 11) is 0. The van der Waals surface area contributed by atoms with E-state index < -0.39 is 0 Å². The SMILES string of the molecule is CC(=O)Nc1ccc(OCc2nnc(SCc3cccc(Cl)c3)o2)cc1. The van der Waals surface area contributed by atoms with Crippen LogP contribution in [0, 0.1) is 0 Å². The Morgan fingerprint density at radius 3 is 2.77 bits per heavy atom. The van der Waals surface area contributed by atoms with Crippen molar-refractivity contribution in [2.45, 2.75) is 24.5 Å². The van der Waals surface area contributed by atoms with E-state index in [9.17, 15) is 4.79 Å². The first kappa shape index (κ1) is 18.3. The zero-order chi connectivity index (χ0) is 18.4. The van der Waals surface area contributed by atoms with E-state index in [2.05, 4.69) is 15.5 Å². The maximum atomic E-state index is 11.0. The van der Waals surface area contributed by atoms with Gasteiger partial charge in [0.2, 0.25) is 5.91 Å². The van der Waals surface area contributed by atoms with Crippen molar-refractivity contribution in [1.82, 2.24) is 10.2 Å². The van der Waals surface area contributed by atoms with Gasteiger partial charge in [-0.15, -0.1) is 10.2 Å². The van der Waals surface area contributed by atoms with Crippen molar-refractivity contribution < 1.29 is 13.9 Å². The molecule has 0 spiro atoms. The number of halogens is 1. The quantitative estimate of drug-likeness (QED) is 0.597. The van der Waals surface area contributed by atoms with E-state index in [1.807, 2.05) is 24.3 Å². The van der Waals surface area contributed by atoms with Crippen molar-refractivity contribution in [3.8, 4) is 5.75 Å². The Kier molecular flexibility index (Phi) is 6.14. The van der Waals surface area contributed by atoms with E-state index >= 15 is 0 Å². The molecule has 0 bridgehead atoms. The molecule has 0 saturated heterocycles. The fraction of sp³-hybridized carbons (Fsp3) is 0.167. The van der Waals surface area contributed by atoms with Crippen molar-refractivity contribution in [3.63, 3.8) is 0 Å². The van der Waals surface area contributed by atoms with Crippen molar-refractivity contribution >= 4 is 35.0 Å². The lowest BCUT2D eigenvalue weighted by Crippen LogP contribution is -2.05. The summed E-state index contributed by atoms with van der Waals surface area (Å²) >= 11 is 7.40. The number of nitrogens with one attached hydrogen (secondary N) is 1. The first-order valence-electron chi connectivity index (χ1n) is 7.78. The second-order valence-electron chi connectivity index (χ2n) is 5.37. The zero-order valence-corrected chi connectivity index (χ0v) is 15.5. The average molecular weight is 390 g/mol. The number of rotatable bonds is 7. The molecule has 0 aliphatic carbocycles. The Morgan fingerprint density at radius 2 is 2.04 bits per heavy atom. The third-order valence-electron chi connectivity index (χ3n) is 3.24. The normalized spacial score (nSPS) is 10.5. The summed E-state index contributed by atoms with van der Waals surface area (Å²) in [5.41, 5.74) is 1.79. The lowest BCUT2D eigenvalue weighted by Gasteiger charge is -2.05. The Bertz CT molecular complexity index is 883. The summed E-state index contributed by atoms with van der Waals surface area (Å²) in [4.78, 5) is 11.0. The molecule has 0 saturated carbocycles. The minimum absolute atomic E-state index is 0.118. The number of nitrogens with zero attached hydrogens (tertiary/aromatic N) is 2. The molecule has 1 N–H and O–H groups in total. The molecule has 3 rings (SSSR count). The largest absolute Gasteiger partial charge is 0.484 e. The maximum Gasteiger partial charge on any atom is 0.277 e. The van der Waals surface area contributed by atoms with Gasteiger partial charge in [0.1, 0.15) is 5.75 Å². The summed E-state index contributed by atoms with van der Waals surface area (Å²) in [6.45, 7) is 1.63. The number of hydrogen-bond acceptors (Lipinski definition) is 6.